The third kappa shape index (κ3) is 4.84. The lowest BCUT2D eigenvalue weighted by Gasteiger charge is -2.14. The number of nitrogens with one attached hydrogen (secondary N) is 1. The molecule has 0 radical (unpaired) electrons. The lowest BCUT2D eigenvalue weighted by molar-refractivity contribution is 0.0527. The van der Waals surface area contributed by atoms with E-state index in [-0.39, 0.29) is 30.5 Å². The molecule has 3 aromatic rings. The summed E-state index contributed by atoms with van der Waals surface area (Å²) in [5.41, 5.74) is 4.16. The molecule has 0 aliphatic carbocycles. The van der Waals surface area contributed by atoms with Gasteiger partial charge in [-0.25, -0.2) is 14.6 Å². The van der Waals surface area contributed by atoms with E-state index in [2.05, 4.69) is 22.5 Å². The number of rotatable bonds is 6. The summed E-state index contributed by atoms with van der Waals surface area (Å²) in [7, 11) is 0. The number of pyridine rings is 1. The molecule has 8 nitrogen and oxygen atoms in total. The fraction of sp³-hybridized carbons (Fsp3) is 0.391. The Morgan fingerprint density at radius 1 is 1.10 bits per heavy atom. The Morgan fingerprint density at radius 2 is 1.84 bits per heavy atom. The van der Waals surface area contributed by atoms with Crippen molar-refractivity contribution in [1.82, 2.24) is 14.8 Å². The third-order valence-corrected chi connectivity index (χ3v) is 4.69. The van der Waals surface area contributed by atoms with Gasteiger partial charge in [0.15, 0.2) is 11.6 Å². The molecule has 3 rings (SSSR count). The van der Waals surface area contributed by atoms with Crippen LogP contribution in [-0.4, -0.2) is 40.0 Å². The molecule has 31 heavy (non-hydrogen) atoms. The summed E-state index contributed by atoms with van der Waals surface area (Å²) in [6.07, 6.45) is 0.685. The molecule has 0 atom stereocenters. The number of hydrogen-bond donors (Lipinski definition) is 1. The summed E-state index contributed by atoms with van der Waals surface area (Å²) < 4.78 is 11.8. The van der Waals surface area contributed by atoms with Crippen LogP contribution in [0.1, 0.15) is 47.8 Å². The van der Waals surface area contributed by atoms with Crippen molar-refractivity contribution in [3.63, 3.8) is 0 Å². The number of amides is 1. The maximum atomic E-state index is 12.4. The second kappa shape index (κ2) is 9.16. The van der Waals surface area contributed by atoms with Crippen LogP contribution in [0.3, 0.4) is 0 Å². The Hall–Kier alpha value is -3.42. The zero-order chi connectivity index (χ0) is 22.7. The van der Waals surface area contributed by atoms with Crippen molar-refractivity contribution in [2.75, 3.05) is 18.5 Å². The van der Waals surface area contributed by atoms with Gasteiger partial charge in [-0.2, -0.15) is 9.78 Å². The van der Waals surface area contributed by atoms with Crippen LogP contribution in [0.5, 0.6) is 0 Å². The van der Waals surface area contributed by atoms with Crippen LogP contribution in [-0.2, 0) is 9.47 Å². The summed E-state index contributed by atoms with van der Waals surface area (Å²) in [6, 6.07) is 6.02. The molecule has 0 spiro atoms. The highest BCUT2D eigenvalue weighted by molar-refractivity contribution is 5.99. The Kier molecular flexibility index (Phi) is 6.58. The van der Waals surface area contributed by atoms with Crippen molar-refractivity contribution in [3.05, 3.63) is 46.6 Å². The predicted octanol–water partition coefficient (Wildman–Crippen LogP) is 4.73. The van der Waals surface area contributed by atoms with Crippen LogP contribution >= 0.6 is 0 Å². The molecule has 1 N–H and O–H groups in total. The summed E-state index contributed by atoms with van der Waals surface area (Å²) in [4.78, 5) is 29.6. The number of ether oxygens (including phenoxy) is 2. The fourth-order valence-corrected chi connectivity index (χ4v) is 3.31. The summed E-state index contributed by atoms with van der Waals surface area (Å²) in [5, 5.41) is 8.00. The lowest BCUT2D eigenvalue weighted by Crippen LogP contribution is -2.21. The number of carbonyl (C=O) groups is 2. The van der Waals surface area contributed by atoms with Crippen LogP contribution in [0, 0.1) is 26.7 Å². The van der Waals surface area contributed by atoms with E-state index in [1.165, 1.54) is 10.9 Å². The molecule has 2 aromatic heterocycles. The van der Waals surface area contributed by atoms with Crippen LogP contribution in [0.25, 0.3) is 16.7 Å². The molecule has 2 heterocycles. The first-order chi connectivity index (χ1) is 14.7. The zero-order valence-electron chi connectivity index (χ0n) is 18.8. The molecule has 0 saturated carbocycles. The summed E-state index contributed by atoms with van der Waals surface area (Å²) in [6.45, 7) is 12.1. The van der Waals surface area contributed by atoms with Gasteiger partial charge in [0.05, 0.1) is 24.9 Å². The van der Waals surface area contributed by atoms with Gasteiger partial charge in [-0.1, -0.05) is 25.5 Å². The zero-order valence-corrected chi connectivity index (χ0v) is 18.8. The van der Waals surface area contributed by atoms with Gasteiger partial charge in [0, 0.05) is 5.39 Å². The smallest absolute Gasteiger partial charge is 0.412 e. The lowest BCUT2D eigenvalue weighted by atomic mass is 10.0. The third-order valence-electron chi connectivity index (χ3n) is 4.69. The minimum Gasteiger partial charge on any atom is -0.462 e. The van der Waals surface area contributed by atoms with Crippen molar-refractivity contribution in [2.45, 2.75) is 41.5 Å². The molecule has 0 unspecified atom stereocenters. The van der Waals surface area contributed by atoms with E-state index in [4.69, 9.17) is 14.5 Å². The van der Waals surface area contributed by atoms with Gasteiger partial charge in [-0.3, -0.25) is 5.32 Å². The highest BCUT2D eigenvalue weighted by Gasteiger charge is 2.23. The average molecular weight is 425 g/mol. The van der Waals surface area contributed by atoms with Gasteiger partial charge < -0.3 is 9.47 Å². The standard InChI is InChI=1S/C23H28N4O4/c1-7-30-22(28)18-11-24-27(21(18)26-23(29)31-12-13(2)3)19-10-15(5)17-9-14(4)8-16(6)20(17)25-19/h8-11,13H,7,12H2,1-6H3,(H,26,29). The molecule has 1 aromatic carbocycles. The number of benzene rings is 1. The van der Waals surface area contributed by atoms with Gasteiger partial charge >= 0.3 is 12.1 Å². The highest BCUT2D eigenvalue weighted by atomic mass is 16.5. The summed E-state index contributed by atoms with van der Waals surface area (Å²) >= 11 is 0. The largest absolute Gasteiger partial charge is 0.462 e. The molecular weight excluding hydrogens is 396 g/mol. The predicted molar refractivity (Wildman–Crippen MR) is 119 cm³/mol. The monoisotopic (exact) mass is 424 g/mol. The molecular formula is C23H28N4O4. The fourth-order valence-electron chi connectivity index (χ4n) is 3.31. The molecule has 0 aliphatic rings. The maximum Gasteiger partial charge on any atom is 0.412 e. The van der Waals surface area contributed by atoms with Gasteiger partial charge in [0.25, 0.3) is 0 Å². The number of esters is 1. The number of anilines is 1. The van der Waals surface area contributed by atoms with E-state index in [9.17, 15) is 9.59 Å². The van der Waals surface area contributed by atoms with Gasteiger partial charge in [-0.05, 0) is 56.9 Å². The maximum absolute atomic E-state index is 12.4. The first kappa shape index (κ1) is 22.3. The van der Waals surface area contributed by atoms with E-state index in [1.54, 1.807) is 6.92 Å². The second-order valence-electron chi connectivity index (χ2n) is 7.93. The SMILES string of the molecule is CCOC(=O)c1cnn(-c2cc(C)c3cc(C)cc(C)c3n2)c1NC(=O)OCC(C)C. The van der Waals surface area contributed by atoms with Crippen molar-refractivity contribution < 1.29 is 19.1 Å². The Morgan fingerprint density at radius 3 is 2.52 bits per heavy atom. The van der Waals surface area contributed by atoms with Crippen molar-refractivity contribution in [1.29, 1.82) is 0 Å². The number of fused-ring (bicyclic) bond motifs is 1. The number of aryl methyl sites for hydroxylation is 3. The van der Waals surface area contributed by atoms with E-state index in [0.717, 1.165) is 27.6 Å². The highest BCUT2D eigenvalue weighted by Crippen LogP contribution is 2.27. The van der Waals surface area contributed by atoms with E-state index in [0.29, 0.717) is 5.82 Å². The van der Waals surface area contributed by atoms with Crippen LogP contribution < -0.4 is 5.32 Å². The van der Waals surface area contributed by atoms with Crippen molar-refractivity contribution >= 4 is 28.8 Å². The van der Waals surface area contributed by atoms with Gasteiger partial charge in [0.2, 0.25) is 0 Å². The number of carbonyl (C=O) groups excluding carboxylic acids is 2. The first-order valence-corrected chi connectivity index (χ1v) is 10.3. The number of aromatic nitrogens is 3. The quantitative estimate of drug-likeness (QED) is 0.575. The summed E-state index contributed by atoms with van der Waals surface area (Å²) in [5.74, 6) is 0.225. The van der Waals surface area contributed by atoms with Crippen molar-refractivity contribution in [3.8, 4) is 5.82 Å². The van der Waals surface area contributed by atoms with Crippen LogP contribution in [0.15, 0.2) is 24.4 Å². The van der Waals surface area contributed by atoms with Crippen LogP contribution in [0.2, 0.25) is 0 Å². The molecule has 1 amide bonds. The van der Waals surface area contributed by atoms with Crippen molar-refractivity contribution in [2.24, 2.45) is 5.92 Å². The Labute approximate surface area is 181 Å². The first-order valence-electron chi connectivity index (χ1n) is 10.3. The average Bonchev–Trinajstić information content (AvgIpc) is 3.10. The number of nitrogens with zero attached hydrogens (tertiary/aromatic N) is 3. The topological polar surface area (TPSA) is 95.3 Å². The Bertz CT molecular complexity index is 1130. The normalized spacial score (nSPS) is 11.1. The van der Waals surface area contributed by atoms with Gasteiger partial charge in [-0.15, -0.1) is 0 Å². The molecule has 0 aliphatic heterocycles. The molecule has 164 valence electrons. The van der Waals surface area contributed by atoms with E-state index < -0.39 is 12.1 Å². The second-order valence-corrected chi connectivity index (χ2v) is 7.93. The minimum atomic E-state index is -0.676. The molecule has 0 saturated heterocycles. The molecule has 0 fully saturated rings. The Balaban J connectivity index is 2.10. The minimum absolute atomic E-state index is 0.128. The van der Waals surface area contributed by atoms with Gasteiger partial charge in [0.1, 0.15) is 5.56 Å². The molecule has 0 bridgehead atoms. The number of hydrogen-bond acceptors (Lipinski definition) is 6. The van der Waals surface area contributed by atoms with Crippen LogP contribution in [0.4, 0.5) is 10.6 Å². The molecule has 8 heteroatoms. The van der Waals surface area contributed by atoms with E-state index >= 15 is 0 Å². The van der Waals surface area contributed by atoms with E-state index in [1.807, 2.05) is 40.7 Å².